The van der Waals surface area contributed by atoms with E-state index in [1.54, 1.807) is 37.5 Å². The number of nitro groups is 1. The first-order valence-corrected chi connectivity index (χ1v) is 6.81. The number of nitrogens with zero attached hydrogens (tertiary/aromatic N) is 1. The van der Waals surface area contributed by atoms with Crippen LogP contribution in [0.15, 0.2) is 54.6 Å². The zero-order valence-electron chi connectivity index (χ0n) is 12.5. The number of methoxy groups -OCH3 is 1. The van der Waals surface area contributed by atoms with E-state index in [1.165, 1.54) is 18.2 Å². The van der Waals surface area contributed by atoms with Crippen molar-refractivity contribution >= 4 is 17.7 Å². The fraction of sp³-hybridized carbons (Fsp3) is 0.118. The lowest BCUT2D eigenvalue weighted by atomic mass is 10.2. The maximum absolute atomic E-state index is 11.7. The molecule has 0 saturated carbocycles. The first-order valence-electron chi connectivity index (χ1n) is 6.81. The van der Waals surface area contributed by atoms with E-state index in [9.17, 15) is 14.9 Å². The average Bonchev–Trinajstić information content (AvgIpc) is 2.58. The van der Waals surface area contributed by atoms with E-state index >= 15 is 0 Å². The van der Waals surface area contributed by atoms with E-state index in [0.29, 0.717) is 11.3 Å². The Morgan fingerprint density at radius 1 is 1.22 bits per heavy atom. The van der Waals surface area contributed by atoms with Crippen LogP contribution in [0.5, 0.6) is 5.75 Å². The van der Waals surface area contributed by atoms with Gasteiger partial charge in [0.15, 0.2) is 0 Å². The zero-order chi connectivity index (χ0) is 16.7. The van der Waals surface area contributed by atoms with Gasteiger partial charge in [-0.15, -0.1) is 0 Å². The molecule has 0 atom stereocenters. The van der Waals surface area contributed by atoms with Crippen molar-refractivity contribution < 1.29 is 19.2 Å². The number of hydrogen-bond donors (Lipinski definition) is 0. The third kappa shape index (κ3) is 4.96. The minimum absolute atomic E-state index is 0.0248. The number of rotatable bonds is 6. The van der Waals surface area contributed by atoms with Crippen LogP contribution in [0.4, 0.5) is 5.69 Å². The standard InChI is InChI=1S/C17H15NO5/c1-22-16-7-3-4-13(11-16)8-9-17(19)23-12-14-5-2-6-15(10-14)18(20)21/h2-11H,12H2,1H3/b9-8+. The summed E-state index contributed by atoms with van der Waals surface area (Å²) < 4.78 is 10.2. The molecule has 0 saturated heterocycles. The maximum Gasteiger partial charge on any atom is 0.331 e. The molecule has 0 aliphatic heterocycles. The Labute approximate surface area is 133 Å². The van der Waals surface area contributed by atoms with E-state index in [-0.39, 0.29) is 12.3 Å². The lowest BCUT2D eigenvalue weighted by molar-refractivity contribution is -0.384. The predicted molar refractivity (Wildman–Crippen MR) is 84.9 cm³/mol. The highest BCUT2D eigenvalue weighted by Gasteiger charge is 2.06. The van der Waals surface area contributed by atoms with Gasteiger partial charge in [-0.1, -0.05) is 24.3 Å². The minimum atomic E-state index is -0.528. The Hall–Kier alpha value is -3.15. The molecule has 2 rings (SSSR count). The number of hydrogen-bond acceptors (Lipinski definition) is 5. The SMILES string of the molecule is COc1cccc(/C=C/C(=O)OCc2cccc([N+](=O)[O-])c2)c1. The summed E-state index contributed by atoms with van der Waals surface area (Å²) in [5.41, 5.74) is 1.32. The summed E-state index contributed by atoms with van der Waals surface area (Å²) in [6, 6.07) is 13.2. The van der Waals surface area contributed by atoms with Crippen LogP contribution < -0.4 is 4.74 Å². The van der Waals surface area contributed by atoms with Crippen molar-refractivity contribution in [2.45, 2.75) is 6.61 Å². The highest BCUT2D eigenvalue weighted by molar-refractivity contribution is 5.87. The second-order valence-corrected chi connectivity index (χ2v) is 4.64. The van der Waals surface area contributed by atoms with Crippen LogP contribution in [0.25, 0.3) is 6.08 Å². The molecule has 2 aromatic rings. The zero-order valence-corrected chi connectivity index (χ0v) is 12.5. The molecular formula is C17H15NO5. The summed E-state index contributed by atoms with van der Waals surface area (Å²) >= 11 is 0. The van der Waals surface area contributed by atoms with E-state index in [4.69, 9.17) is 9.47 Å². The average molecular weight is 313 g/mol. The molecule has 0 aliphatic carbocycles. The summed E-state index contributed by atoms with van der Waals surface area (Å²) in [5, 5.41) is 10.7. The Morgan fingerprint density at radius 2 is 2.00 bits per heavy atom. The minimum Gasteiger partial charge on any atom is -0.497 e. The second kappa shape index (κ2) is 7.74. The molecule has 0 amide bonds. The van der Waals surface area contributed by atoms with Crippen LogP contribution in [0.3, 0.4) is 0 Å². The van der Waals surface area contributed by atoms with E-state index in [0.717, 1.165) is 5.56 Å². The molecule has 0 unspecified atom stereocenters. The van der Waals surface area contributed by atoms with Gasteiger partial charge < -0.3 is 9.47 Å². The van der Waals surface area contributed by atoms with Gasteiger partial charge in [0.2, 0.25) is 0 Å². The van der Waals surface area contributed by atoms with Crippen LogP contribution in [-0.4, -0.2) is 18.0 Å². The monoisotopic (exact) mass is 313 g/mol. The normalized spacial score (nSPS) is 10.5. The molecule has 2 aromatic carbocycles. The number of nitro benzene ring substituents is 1. The van der Waals surface area contributed by atoms with Crippen molar-refractivity contribution in [2.24, 2.45) is 0 Å². The van der Waals surface area contributed by atoms with E-state index in [2.05, 4.69) is 0 Å². The Kier molecular flexibility index (Phi) is 5.46. The van der Waals surface area contributed by atoms with Crippen molar-refractivity contribution in [3.8, 4) is 5.75 Å². The quantitative estimate of drug-likeness (QED) is 0.353. The molecule has 23 heavy (non-hydrogen) atoms. The van der Waals surface area contributed by atoms with Gasteiger partial charge in [-0.3, -0.25) is 10.1 Å². The molecule has 0 N–H and O–H groups in total. The van der Waals surface area contributed by atoms with Gasteiger partial charge in [0, 0.05) is 18.2 Å². The summed E-state index contributed by atoms with van der Waals surface area (Å²) in [5.74, 6) is 0.163. The molecule has 0 spiro atoms. The third-order valence-corrected chi connectivity index (χ3v) is 3.01. The molecule has 0 radical (unpaired) electrons. The molecule has 0 heterocycles. The van der Waals surface area contributed by atoms with E-state index < -0.39 is 10.9 Å². The molecule has 118 valence electrons. The molecule has 0 aliphatic rings. The summed E-state index contributed by atoms with van der Waals surface area (Å²) in [6.07, 6.45) is 2.91. The van der Waals surface area contributed by atoms with Crippen molar-refractivity contribution in [2.75, 3.05) is 7.11 Å². The lowest BCUT2D eigenvalue weighted by Gasteiger charge is -2.02. The van der Waals surface area contributed by atoms with Crippen LogP contribution in [0, 0.1) is 10.1 Å². The number of carbonyl (C=O) groups excluding carboxylic acids is 1. The van der Waals surface area contributed by atoms with Gasteiger partial charge in [0.05, 0.1) is 12.0 Å². The van der Waals surface area contributed by atoms with Crippen LogP contribution >= 0.6 is 0 Å². The molecule has 6 heteroatoms. The van der Waals surface area contributed by atoms with Gasteiger partial charge in [-0.05, 0) is 29.3 Å². The topological polar surface area (TPSA) is 78.7 Å². The van der Waals surface area contributed by atoms with Crippen LogP contribution in [0.1, 0.15) is 11.1 Å². The van der Waals surface area contributed by atoms with Crippen LogP contribution in [-0.2, 0) is 16.1 Å². The molecule has 6 nitrogen and oxygen atoms in total. The second-order valence-electron chi connectivity index (χ2n) is 4.64. The number of benzene rings is 2. The fourth-order valence-electron chi connectivity index (χ4n) is 1.87. The summed E-state index contributed by atoms with van der Waals surface area (Å²) in [7, 11) is 1.57. The Morgan fingerprint density at radius 3 is 2.74 bits per heavy atom. The van der Waals surface area contributed by atoms with Crippen molar-refractivity contribution in [1.82, 2.24) is 0 Å². The van der Waals surface area contributed by atoms with Crippen LogP contribution in [0.2, 0.25) is 0 Å². The van der Waals surface area contributed by atoms with Crippen molar-refractivity contribution in [1.29, 1.82) is 0 Å². The maximum atomic E-state index is 11.7. The fourth-order valence-corrected chi connectivity index (χ4v) is 1.87. The van der Waals surface area contributed by atoms with Gasteiger partial charge in [-0.2, -0.15) is 0 Å². The molecule has 0 bridgehead atoms. The van der Waals surface area contributed by atoms with Gasteiger partial charge >= 0.3 is 5.97 Å². The molecule has 0 fully saturated rings. The Bertz CT molecular complexity index is 739. The smallest absolute Gasteiger partial charge is 0.331 e. The van der Waals surface area contributed by atoms with E-state index in [1.807, 2.05) is 12.1 Å². The first-order chi connectivity index (χ1) is 11.1. The number of esters is 1. The molecule has 0 aromatic heterocycles. The highest BCUT2D eigenvalue weighted by Crippen LogP contribution is 2.15. The predicted octanol–water partition coefficient (Wildman–Crippen LogP) is 3.36. The summed E-state index contributed by atoms with van der Waals surface area (Å²) in [6.45, 7) is -0.0248. The first kappa shape index (κ1) is 16.2. The Balaban J connectivity index is 1.93. The largest absolute Gasteiger partial charge is 0.497 e. The van der Waals surface area contributed by atoms with Gasteiger partial charge in [0.25, 0.3) is 5.69 Å². The third-order valence-electron chi connectivity index (χ3n) is 3.01. The lowest BCUT2D eigenvalue weighted by Crippen LogP contribution is -2.01. The molecular weight excluding hydrogens is 298 g/mol. The highest BCUT2D eigenvalue weighted by atomic mass is 16.6. The number of ether oxygens (including phenoxy) is 2. The van der Waals surface area contributed by atoms with Gasteiger partial charge in [0.1, 0.15) is 12.4 Å². The summed E-state index contributed by atoms with van der Waals surface area (Å²) in [4.78, 5) is 21.9. The van der Waals surface area contributed by atoms with Crippen molar-refractivity contribution in [3.05, 3.63) is 75.8 Å². The van der Waals surface area contributed by atoms with Crippen molar-refractivity contribution in [3.63, 3.8) is 0 Å². The number of carbonyl (C=O) groups is 1. The number of non-ortho nitro benzene ring substituents is 1. The van der Waals surface area contributed by atoms with Gasteiger partial charge in [-0.25, -0.2) is 4.79 Å².